The van der Waals surface area contributed by atoms with Crippen LogP contribution >= 0.6 is 27.7 Å². The molecule has 7 heteroatoms. The number of amides is 1. The van der Waals surface area contributed by atoms with E-state index < -0.39 is 0 Å². The Morgan fingerprint density at radius 3 is 2.57 bits per heavy atom. The molecule has 0 unspecified atom stereocenters. The van der Waals surface area contributed by atoms with Gasteiger partial charge in [-0.3, -0.25) is 9.69 Å². The normalized spacial score (nSPS) is 21.8. The Balaban J connectivity index is 1.52. The molecule has 5 rings (SSSR count). The lowest BCUT2D eigenvalue weighted by Gasteiger charge is -2.30. The van der Waals surface area contributed by atoms with E-state index in [9.17, 15) is 4.79 Å². The quantitative estimate of drug-likeness (QED) is 0.492. The molecule has 0 radical (unpaired) electrons. The zero-order valence-electron chi connectivity index (χ0n) is 16.3. The van der Waals surface area contributed by atoms with Crippen LogP contribution in [0.15, 0.2) is 56.8 Å². The molecule has 0 bridgehead atoms. The van der Waals surface area contributed by atoms with Crippen molar-refractivity contribution in [3.05, 3.63) is 57.4 Å². The van der Waals surface area contributed by atoms with Crippen molar-refractivity contribution in [2.45, 2.75) is 38.1 Å². The maximum atomic E-state index is 13.4. The Hall–Kier alpha value is -2.25. The molecule has 2 aliphatic heterocycles. The summed E-state index contributed by atoms with van der Waals surface area (Å²) in [5.74, 6) is 1.44. The van der Waals surface area contributed by atoms with Gasteiger partial charge in [0.25, 0.3) is 5.91 Å². The summed E-state index contributed by atoms with van der Waals surface area (Å²) in [5.41, 5.74) is 1.75. The summed E-state index contributed by atoms with van der Waals surface area (Å²) >= 11 is 5.04. The number of carbonyl (C=O) groups is 1. The van der Waals surface area contributed by atoms with Crippen molar-refractivity contribution < 1.29 is 14.3 Å². The van der Waals surface area contributed by atoms with Crippen molar-refractivity contribution in [1.29, 1.82) is 0 Å². The Morgan fingerprint density at radius 2 is 1.80 bits per heavy atom. The highest BCUT2D eigenvalue weighted by molar-refractivity contribution is 9.10. The fourth-order valence-corrected chi connectivity index (χ4v) is 5.51. The van der Waals surface area contributed by atoms with Crippen LogP contribution in [0.25, 0.3) is 6.08 Å². The monoisotopic (exact) mass is 484 g/mol. The Morgan fingerprint density at radius 1 is 1.07 bits per heavy atom. The zero-order chi connectivity index (χ0) is 20.5. The Kier molecular flexibility index (Phi) is 5.56. The molecular formula is C23H21BrN2O3S. The number of carbonyl (C=O) groups excluding carboxylic acids is 1. The number of aliphatic imine (C=N–C) groups is 1. The predicted octanol–water partition coefficient (Wildman–Crippen LogP) is 6.11. The topological polar surface area (TPSA) is 51.1 Å². The van der Waals surface area contributed by atoms with E-state index in [1.165, 1.54) is 18.2 Å². The molecule has 0 aromatic heterocycles. The Labute approximate surface area is 188 Å². The van der Waals surface area contributed by atoms with Gasteiger partial charge in [-0.1, -0.05) is 53.4 Å². The van der Waals surface area contributed by atoms with Crippen LogP contribution in [-0.2, 0) is 4.79 Å². The van der Waals surface area contributed by atoms with Crippen molar-refractivity contribution >= 4 is 50.5 Å². The lowest BCUT2D eigenvalue weighted by Crippen LogP contribution is -2.40. The number of ether oxygens (including phenoxy) is 2. The van der Waals surface area contributed by atoms with E-state index >= 15 is 0 Å². The lowest BCUT2D eigenvalue weighted by atomic mass is 9.94. The van der Waals surface area contributed by atoms with Gasteiger partial charge < -0.3 is 9.47 Å². The molecule has 0 N–H and O–H groups in total. The van der Waals surface area contributed by atoms with E-state index in [1.54, 1.807) is 0 Å². The molecule has 2 aromatic carbocycles. The van der Waals surface area contributed by atoms with Crippen LogP contribution in [0, 0.1) is 0 Å². The molecule has 30 heavy (non-hydrogen) atoms. The molecule has 1 saturated heterocycles. The van der Waals surface area contributed by atoms with Gasteiger partial charge in [-0.25, -0.2) is 4.99 Å². The predicted molar refractivity (Wildman–Crippen MR) is 123 cm³/mol. The van der Waals surface area contributed by atoms with Crippen molar-refractivity contribution in [3.8, 4) is 11.5 Å². The van der Waals surface area contributed by atoms with E-state index in [-0.39, 0.29) is 18.7 Å². The first-order valence-electron chi connectivity index (χ1n) is 10.1. The minimum atomic E-state index is 0.0335. The van der Waals surface area contributed by atoms with Gasteiger partial charge in [0.15, 0.2) is 16.7 Å². The highest BCUT2D eigenvalue weighted by atomic mass is 79.9. The minimum absolute atomic E-state index is 0.0335. The first-order chi connectivity index (χ1) is 14.7. The molecule has 3 aliphatic rings. The summed E-state index contributed by atoms with van der Waals surface area (Å²) in [6.07, 6.45) is 7.53. The van der Waals surface area contributed by atoms with Crippen molar-refractivity contribution in [2.75, 3.05) is 6.79 Å². The number of nitrogens with zero attached hydrogens (tertiary/aromatic N) is 2. The highest BCUT2D eigenvalue weighted by Crippen LogP contribution is 2.41. The van der Waals surface area contributed by atoms with Crippen molar-refractivity contribution in [3.63, 3.8) is 0 Å². The SMILES string of the molecule is O=C1/C(=C\c2cc3c(cc2Br)OCO3)SC(=Nc2ccccc2)N1C1CCCCC1. The molecule has 5 nitrogen and oxygen atoms in total. The summed E-state index contributed by atoms with van der Waals surface area (Å²) in [4.78, 5) is 20.9. The molecule has 1 aliphatic carbocycles. The number of benzene rings is 2. The number of amidine groups is 1. The van der Waals surface area contributed by atoms with E-state index in [2.05, 4.69) is 15.9 Å². The third-order valence-electron chi connectivity index (χ3n) is 5.54. The van der Waals surface area contributed by atoms with E-state index in [0.29, 0.717) is 16.4 Å². The van der Waals surface area contributed by atoms with Crippen LogP contribution in [0.3, 0.4) is 0 Å². The van der Waals surface area contributed by atoms with Gasteiger partial charge in [-0.15, -0.1) is 0 Å². The third kappa shape index (κ3) is 3.88. The summed E-state index contributed by atoms with van der Waals surface area (Å²) in [6.45, 7) is 0.221. The zero-order valence-corrected chi connectivity index (χ0v) is 18.7. The first-order valence-corrected chi connectivity index (χ1v) is 11.8. The number of thioether (sulfide) groups is 1. The van der Waals surface area contributed by atoms with Gasteiger partial charge in [-0.2, -0.15) is 0 Å². The van der Waals surface area contributed by atoms with E-state index in [4.69, 9.17) is 14.5 Å². The number of halogens is 1. The average molecular weight is 485 g/mol. The van der Waals surface area contributed by atoms with Gasteiger partial charge in [0.1, 0.15) is 0 Å². The molecule has 2 fully saturated rings. The van der Waals surface area contributed by atoms with Gasteiger partial charge in [0.05, 0.1) is 10.6 Å². The van der Waals surface area contributed by atoms with Crippen molar-refractivity contribution in [2.24, 2.45) is 4.99 Å². The van der Waals surface area contributed by atoms with Crippen LogP contribution in [-0.4, -0.2) is 28.8 Å². The molecule has 154 valence electrons. The summed E-state index contributed by atoms with van der Waals surface area (Å²) in [7, 11) is 0. The number of hydrogen-bond donors (Lipinski definition) is 0. The van der Waals surface area contributed by atoms with E-state index in [1.807, 2.05) is 53.4 Å². The van der Waals surface area contributed by atoms with Gasteiger partial charge >= 0.3 is 0 Å². The number of fused-ring (bicyclic) bond motifs is 1. The van der Waals surface area contributed by atoms with Crippen molar-refractivity contribution in [1.82, 2.24) is 4.90 Å². The molecule has 1 saturated carbocycles. The Bertz CT molecular complexity index is 1030. The van der Waals surface area contributed by atoms with Gasteiger partial charge in [0, 0.05) is 10.5 Å². The molecular weight excluding hydrogens is 464 g/mol. The van der Waals surface area contributed by atoms with Gasteiger partial charge in [-0.05, 0) is 60.5 Å². The lowest BCUT2D eigenvalue weighted by molar-refractivity contribution is -0.124. The molecule has 2 heterocycles. The van der Waals surface area contributed by atoms with E-state index in [0.717, 1.165) is 46.6 Å². The summed E-state index contributed by atoms with van der Waals surface area (Å²) in [5, 5.41) is 0.765. The summed E-state index contributed by atoms with van der Waals surface area (Å²) in [6, 6.07) is 13.8. The van der Waals surface area contributed by atoms with Crippen LogP contribution < -0.4 is 9.47 Å². The number of hydrogen-bond acceptors (Lipinski definition) is 5. The largest absolute Gasteiger partial charge is 0.454 e. The third-order valence-corrected chi connectivity index (χ3v) is 7.21. The minimum Gasteiger partial charge on any atom is -0.454 e. The van der Waals surface area contributed by atoms with Crippen LogP contribution in [0.5, 0.6) is 11.5 Å². The second kappa shape index (κ2) is 8.47. The summed E-state index contributed by atoms with van der Waals surface area (Å²) < 4.78 is 11.8. The average Bonchev–Trinajstić information content (AvgIpc) is 3.33. The second-order valence-electron chi connectivity index (χ2n) is 7.53. The molecule has 2 aromatic rings. The number of para-hydroxylation sites is 1. The maximum Gasteiger partial charge on any atom is 0.267 e. The molecule has 0 spiro atoms. The van der Waals surface area contributed by atoms with Crippen LogP contribution in [0.1, 0.15) is 37.7 Å². The smallest absolute Gasteiger partial charge is 0.267 e. The fraction of sp³-hybridized carbons (Fsp3) is 0.304. The molecule has 0 atom stereocenters. The standard InChI is InChI=1S/C23H21BrN2O3S/c24-18-13-20-19(28-14-29-20)11-15(18)12-21-22(27)26(17-9-5-2-6-10-17)23(30-21)25-16-7-3-1-4-8-16/h1,3-4,7-8,11-13,17H,2,5-6,9-10,14H2/b21-12+,25-23?. The second-order valence-corrected chi connectivity index (χ2v) is 9.40. The van der Waals surface area contributed by atoms with Gasteiger partial charge in [0.2, 0.25) is 6.79 Å². The van der Waals surface area contributed by atoms with Crippen LogP contribution in [0.2, 0.25) is 0 Å². The highest BCUT2D eigenvalue weighted by Gasteiger charge is 2.38. The molecule has 1 amide bonds. The van der Waals surface area contributed by atoms with Crippen LogP contribution in [0.4, 0.5) is 5.69 Å². The first kappa shape index (κ1) is 19.7. The number of rotatable bonds is 3. The fourth-order valence-electron chi connectivity index (χ4n) is 4.02. The maximum absolute atomic E-state index is 13.4.